The Hall–Kier alpha value is -2.04. The first-order chi connectivity index (χ1) is 11.3. The van der Waals surface area contributed by atoms with Gasteiger partial charge in [0.1, 0.15) is 18.8 Å². The molecule has 0 aliphatic heterocycles. The second-order valence-corrected chi connectivity index (χ2v) is 6.88. The molecule has 1 amide bonds. The van der Waals surface area contributed by atoms with E-state index in [1.165, 1.54) is 0 Å². The molecule has 0 bridgehead atoms. The fourth-order valence-corrected chi connectivity index (χ4v) is 2.20. The molecule has 5 heteroatoms. The fourth-order valence-electron chi connectivity index (χ4n) is 2.20. The standard InChI is InChI=1S/C19H29NO4/c1-6-15(7-2)24-18(22)20-16(19(3,4)5)17(21)23-13-14-11-9-8-10-12-14/h8-12,15-16H,6-7,13H2,1-5H3,(H,20,22)/t16-/m1/s1. The normalized spacial score (nSPS) is 12.6. The lowest BCUT2D eigenvalue weighted by Crippen LogP contribution is -2.50. The van der Waals surface area contributed by atoms with E-state index in [2.05, 4.69) is 5.32 Å². The molecule has 0 radical (unpaired) electrons. The van der Waals surface area contributed by atoms with Crippen LogP contribution in [0.3, 0.4) is 0 Å². The van der Waals surface area contributed by atoms with E-state index in [0.717, 1.165) is 18.4 Å². The van der Waals surface area contributed by atoms with E-state index in [9.17, 15) is 9.59 Å². The molecule has 0 saturated heterocycles. The summed E-state index contributed by atoms with van der Waals surface area (Å²) in [5.74, 6) is -0.465. The first kappa shape index (κ1) is 20.0. The molecule has 0 aliphatic carbocycles. The highest BCUT2D eigenvalue weighted by atomic mass is 16.6. The van der Waals surface area contributed by atoms with Gasteiger partial charge in [-0.2, -0.15) is 0 Å². The number of hydrogen-bond acceptors (Lipinski definition) is 4. The Morgan fingerprint density at radius 2 is 1.67 bits per heavy atom. The quantitative estimate of drug-likeness (QED) is 0.763. The lowest BCUT2D eigenvalue weighted by atomic mass is 9.87. The smallest absolute Gasteiger partial charge is 0.408 e. The molecular formula is C19H29NO4. The zero-order valence-corrected chi connectivity index (χ0v) is 15.3. The molecular weight excluding hydrogens is 306 g/mol. The summed E-state index contributed by atoms with van der Waals surface area (Å²) >= 11 is 0. The van der Waals surface area contributed by atoms with Crippen molar-refractivity contribution < 1.29 is 19.1 Å². The van der Waals surface area contributed by atoms with E-state index in [1.807, 2.05) is 65.0 Å². The average molecular weight is 335 g/mol. The summed E-state index contributed by atoms with van der Waals surface area (Å²) in [5, 5.41) is 2.66. The van der Waals surface area contributed by atoms with Crippen molar-refractivity contribution >= 4 is 12.1 Å². The van der Waals surface area contributed by atoms with Gasteiger partial charge in [0, 0.05) is 0 Å². The molecule has 1 N–H and O–H groups in total. The Kier molecular flexibility index (Phi) is 7.75. The zero-order chi connectivity index (χ0) is 18.2. The highest BCUT2D eigenvalue weighted by molar-refractivity contribution is 5.82. The maximum absolute atomic E-state index is 12.4. The minimum atomic E-state index is -0.775. The summed E-state index contributed by atoms with van der Waals surface area (Å²) in [6, 6.07) is 8.66. The van der Waals surface area contributed by atoms with E-state index in [4.69, 9.17) is 9.47 Å². The lowest BCUT2D eigenvalue weighted by Gasteiger charge is -2.29. The maximum atomic E-state index is 12.4. The van der Waals surface area contributed by atoms with Crippen LogP contribution in [0.4, 0.5) is 4.79 Å². The van der Waals surface area contributed by atoms with Gasteiger partial charge in [-0.05, 0) is 23.8 Å². The third kappa shape index (κ3) is 6.60. The molecule has 1 rings (SSSR count). The topological polar surface area (TPSA) is 64.6 Å². The number of ether oxygens (including phenoxy) is 2. The van der Waals surface area contributed by atoms with Crippen LogP contribution in [0.5, 0.6) is 0 Å². The van der Waals surface area contributed by atoms with Gasteiger partial charge in [0.15, 0.2) is 0 Å². The first-order valence-electron chi connectivity index (χ1n) is 8.45. The van der Waals surface area contributed by atoms with Gasteiger partial charge in [-0.3, -0.25) is 0 Å². The van der Waals surface area contributed by atoms with Crippen molar-refractivity contribution in [2.45, 2.75) is 66.2 Å². The molecule has 1 atom stereocenters. The van der Waals surface area contributed by atoms with Crippen molar-refractivity contribution in [3.05, 3.63) is 35.9 Å². The predicted octanol–water partition coefficient (Wildman–Crippen LogP) is 4.06. The number of esters is 1. The fraction of sp³-hybridized carbons (Fsp3) is 0.579. The van der Waals surface area contributed by atoms with E-state index in [0.29, 0.717) is 0 Å². The Bertz CT molecular complexity index is 518. The van der Waals surface area contributed by atoms with Gasteiger partial charge in [-0.1, -0.05) is 65.0 Å². The number of carbonyl (C=O) groups excluding carboxylic acids is 2. The molecule has 24 heavy (non-hydrogen) atoms. The zero-order valence-electron chi connectivity index (χ0n) is 15.3. The van der Waals surface area contributed by atoms with Crippen LogP contribution in [0.15, 0.2) is 30.3 Å². The number of carbonyl (C=O) groups is 2. The van der Waals surface area contributed by atoms with Crippen LogP contribution in [-0.4, -0.2) is 24.2 Å². The second kappa shape index (κ2) is 9.30. The van der Waals surface area contributed by atoms with E-state index < -0.39 is 23.5 Å². The monoisotopic (exact) mass is 335 g/mol. The molecule has 0 aliphatic rings. The SMILES string of the molecule is CCC(CC)OC(=O)N[C@H](C(=O)OCc1ccccc1)C(C)(C)C. The van der Waals surface area contributed by atoms with Crippen LogP contribution in [0.2, 0.25) is 0 Å². The van der Waals surface area contributed by atoms with Gasteiger partial charge < -0.3 is 14.8 Å². The highest BCUT2D eigenvalue weighted by Crippen LogP contribution is 2.21. The van der Waals surface area contributed by atoms with Gasteiger partial charge in [0.05, 0.1) is 0 Å². The molecule has 0 unspecified atom stereocenters. The summed E-state index contributed by atoms with van der Waals surface area (Å²) in [7, 11) is 0. The van der Waals surface area contributed by atoms with Gasteiger partial charge in [-0.15, -0.1) is 0 Å². The number of nitrogens with one attached hydrogen (secondary N) is 1. The third-order valence-corrected chi connectivity index (χ3v) is 3.77. The summed E-state index contributed by atoms with van der Waals surface area (Å²) in [6.45, 7) is 9.71. The number of amides is 1. The Morgan fingerprint density at radius 3 is 2.17 bits per heavy atom. The van der Waals surface area contributed by atoms with E-state index >= 15 is 0 Å². The van der Waals surface area contributed by atoms with Crippen LogP contribution in [0.1, 0.15) is 53.0 Å². The number of benzene rings is 1. The van der Waals surface area contributed by atoms with Crippen molar-refractivity contribution in [1.82, 2.24) is 5.32 Å². The van der Waals surface area contributed by atoms with Gasteiger partial charge >= 0.3 is 12.1 Å². The van der Waals surface area contributed by atoms with Crippen molar-refractivity contribution in [3.63, 3.8) is 0 Å². The lowest BCUT2D eigenvalue weighted by molar-refractivity contribution is -0.150. The summed E-state index contributed by atoms with van der Waals surface area (Å²) < 4.78 is 10.7. The van der Waals surface area contributed by atoms with Crippen LogP contribution >= 0.6 is 0 Å². The van der Waals surface area contributed by atoms with E-state index in [-0.39, 0.29) is 12.7 Å². The van der Waals surface area contributed by atoms with Crippen LogP contribution < -0.4 is 5.32 Å². The number of rotatable bonds is 7. The molecule has 0 heterocycles. The van der Waals surface area contributed by atoms with Crippen molar-refractivity contribution in [2.24, 2.45) is 5.41 Å². The highest BCUT2D eigenvalue weighted by Gasteiger charge is 2.35. The molecule has 0 aromatic heterocycles. The van der Waals surface area contributed by atoms with Crippen LogP contribution in [0.25, 0.3) is 0 Å². The van der Waals surface area contributed by atoms with Gasteiger partial charge in [-0.25, -0.2) is 9.59 Å². The van der Waals surface area contributed by atoms with Crippen molar-refractivity contribution in [2.75, 3.05) is 0 Å². The minimum Gasteiger partial charge on any atom is -0.459 e. The summed E-state index contributed by atoms with van der Waals surface area (Å²) in [5.41, 5.74) is 0.416. The average Bonchev–Trinajstić information content (AvgIpc) is 2.55. The largest absolute Gasteiger partial charge is 0.459 e. The minimum absolute atomic E-state index is 0.147. The number of alkyl carbamates (subject to hydrolysis) is 1. The molecule has 5 nitrogen and oxygen atoms in total. The van der Waals surface area contributed by atoms with Gasteiger partial charge in [0.2, 0.25) is 0 Å². The van der Waals surface area contributed by atoms with Crippen molar-refractivity contribution in [1.29, 1.82) is 0 Å². The summed E-state index contributed by atoms with van der Waals surface area (Å²) in [4.78, 5) is 24.5. The van der Waals surface area contributed by atoms with Gasteiger partial charge in [0.25, 0.3) is 0 Å². The Labute approximate surface area is 144 Å². The number of hydrogen-bond donors (Lipinski definition) is 1. The third-order valence-electron chi connectivity index (χ3n) is 3.77. The van der Waals surface area contributed by atoms with Crippen LogP contribution in [0, 0.1) is 5.41 Å². The maximum Gasteiger partial charge on any atom is 0.408 e. The van der Waals surface area contributed by atoms with Crippen molar-refractivity contribution in [3.8, 4) is 0 Å². The molecule has 1 aromatic carbocycles. The Balaban J connectivity index is 2.67. The molecule has 0 spiro atoms. The summed E-state index contributed by atoms with van der Waals surface area (Å²) in [6.07, 6.45) is 0.747. The second-order valence-electron chi connectivity index (χ2n) is 6.88. The molecule has 134 valence electrons. The first-order valence-corrected chi connectivity index (χ1v) is 8.45. The van der Waals surface area contributed by atoms with E-state index in [1.54, 1.807) is 0 Å². The molecule has 0 saturated carbocycles. The predicted molar refractivity (Wildman–Crippen MR) is 93.5 cm³/mol. The Morgan fingerprint density at radius 1 is 1.08 bits per heavy atom. The van der Waals surface area contributed by atoms with Crippen LogP contribution in [-0.2, 0) is 20.9 Å². The molecule has 0 fully saturated rings. The molecule has 1 aromatic rings.